The van der Waals surface area contributed by atoms with Crippen molar-refractivity contribution in [1.29, 1.82) is 0 Å². The lowest BCUT2D eigenvalue weighted by Crippen LogP contribution is -2.56. The molecule has 5 nitrogen and oxygen atoms in total. The Morgan fingerprint density at radius 3 is 2.38 bits per heavy atom. The average Bonchev–Trinajstić information content (AvgIpc) is 2.11. The first-order chi connectivity index (χ1) is 6.07. The summed E-state index contributed by atoms with van der Waals surface area (Å²) in [4.78, 5) is 0. The lowest BCUT2D eigenvalue weighted by atomic mass is 10.0. The molecule has 0 aromatic carbocycles. The number of hydrogen-bond donors (Lipinski definition) is 3. The van der Waals surface area contributed by atoms with Crippen molar-refractivity contribution < 1.29 is 24.8 Å². The van der Waals surface area contributed by atoms with Crippen LogP contribution in [0.5, 0.6) is 0 Å². The highest BCUT2D eigenvalue weighted by Crippen LogP contribution is 2.21. The summed E-state index contributed by atoms with van der Waals surface area (Å²) in [5, 5.41) is 28.0. The Labute approximate surface area is 76.2 Å². The van der Waals surface area contributed by atoms with Gasteiger partial charge in [-0.15, -0.1) is 0 Å². The Hall–Kier alpha value is -0.620. The van der Waals surface area contributed by atoms with E-state index in [4.69, 9.17) is 9.47 Å². The fraction of sp³-hybridized carbons (Fsp3) is 0.750. The largest absolute Gasteiger partial charge is 0.470 e. The molecule has 1 heterocycles. The van der Waals surface area contributed by atoms with Crippen LogP contribution in [0.1, 0.15) is 6.92 Å². The molecule has 1 aliphatic heterocycles. The van der Waals surface area contributed by atoms with Crippen LogP contribution in [0.4, 0.5) is 0 Å². The summed E-state index contributed by atoms with van der Waals surface area (Å²) < 4.78 is 9.87. The van der Waals surface area contributed by atoms with Gasteiger partial charge in [-0.05, 0) is 6.92 Å². The summed E-state index contributed by atoms with van der Waals surface area (Å²) >= 11 is 0. The molecule has 1 aliphatic rings. The number of aliphatic hydroxyl groups excluding tert-OH is 3. The Morgan fingerprint density at radius 2 is 1.85 bits per heavy atom. The molecule has 0 saturated carbocycles. The Balaban J connectivity index is 2.64. The summed E-state index contributed by atoms with van der Waals surface area (Å²) in [6.45, 7) is 4.88. The van der Waals surface area contributed by atoms with Crippen molar-refractivity contribution in [1.82, 2.24) is 0 Å². The fourth-order valence-corrected chi connectivity index (χ4v) is 1.22. The molecule has 1 rings (SSSR count). The summed E-state index contributed by atoms with van der Waals surface area (Å²) in [7, 11) is 0. The molecule has 3 N–H and O–H groups in total. The van der Waals surface area contributed by atoms with Gasteiger partial charge in [0.1, 0.15) is 18.3 Å². The molecular weight excluding hydrogens is 176 g/mol. The SMILES string of the molecule is C=CO[C@@H]1O[C@@H](C)[C@@H](O)[C@@H](O)[C@@H]1O. The molecule has 0 bridgehead atoms. The molecule has 0 aliphatic carbocycles. The molecule has 0 amide bonds. The van der Waals surface area contributed by atoms with E-state index in [1.165, 1.54) is 0 Å². The predicted octanol–water partition coefficient (Wildman–Crippen LogP) is -1.03. The van der Waals surface area contributed by atoms with Crippen molar-refractivity contribution >= 4 is 0 Å². The first-order valence-electron chi connectivity index (χ1n) is 4.04. The van der Waals surface area contributed by atoms with Crippen molar-refractivity contribution in [3.05, 3.63) is 12.8 Å². The molecule has 5 atom stereocenters. The Morgan fingerprint density at radius 1 is 1.23 bits per heavy atom. The van der Waals surface area contributed by atoms with Gasteiger partial charge in [0.15, 0.2) is 0 Å². The van der Waals surface area contributed by atoms with Crippen molar-refractivity contribution in [2.24, 2.45) is 0 Å². The van der Waals surface area contributed by atoms with E-state index in [9.17, 15) is 15.3 Å². The fourth-order valence-electron chi connectivity index (χ4n) is 1.22. The smallest absolute Gasteiger partial charge is 0.228 e. The number of aliphatic hydroxyl groups is 3. The van der Waals surface area contributed by atoms with Crippen molar-refractivity contribution in [3.63, 3.8) is 0 Å². The lowest BCUT2D eigenvalue weighted by molar-refractivity contribution is -0.279. The molecule has 5 heteroatoms. The van der Waals surface area contributed by atoms with Gasteiger partial charge < -0.3 is 24.8 Å². The van der Waals surface area contributed by atoms with Crippen LogP contribution >= 0.6 is 0 Å². The first-order valence-corrected chi connectivity index (χ1v) is 4.04. The molecule has 0 aromatic heterocycles. The molecule has 13 heavy (non-hydrogen) atoms. The molecule has 1 saturated heterocycles. The van der Waals surface area contributed by atoms with Crippen LogP contribution < -0.4 is 0 Å². The summed E-state index contributed by atoms with van der Waals surface area (Å²) in [5.74, 6) is 0. The monoisotopic (exact) mass is 190 g/mol. The van der Waals surface area contributed by atoms with Crippen LogP contribution in [0.2, 0.25) is 0 Å². The zero-order chi connectivity index (χ0) is 10.0. The van der Waals surface area contributed by atoms with Gasteiger partial charge in [-0.2, -0.15) is 0 Å². The quantitative estimate of drug-likeness (QED) is 0.485. The second-order valence-corrected chi connectivity index (χ2v) is 2.98. The van der Waals surface area contributed by atoms with Crippen LogP contribution in [-0.4, -0.2) is 46.0 Å². The molecule has 1 fully saturated rings. The van der Waals surface area contributed by atoms with Gasteiger partial charge in [0.25, 0.3) is 0 Å². The van der Waals surface area contributed by atoms with E-state index >= 15 is 0 Å². The minimum absolute atomic E-state index is 0.580. The van der Waals surface area contributed by atoms with E-state index in [0.717, 1.165) is 6.26 Å². The van der Waals surface area contributed by atoms with Crippen molar-refractivity contribution in [2.75, 3.05) is 0 Å². The molecule has 0 radical (unpaired) electrons. The Bertz CT molecular complexity index is 183. The van der Waals surface area contributed by atoms with Crippen LogP contribution in [0.3, 0.4) is 0 Å². The summed E-state index contributed by atoms with van der Waals surface area (Å²) in [6, 6.07) is 0. The normalized spacial score (nSPS) is 45.7. The van der Waals surface area contributed by atoms with Gasteiger partial charge in [-0.25, -0.2) is 0 Å². The average molecular weight is 190 g/mol. The van der Waals surface area contributed by atoms with E-state index < -0.39 is 30.7 Å². The number of rotatable bonds is 2. The first kappa shape index (κ1) is 10.5. The van der Waals surface area contributed by atoms with Crippen molar-refractivity contribution in [3.8, 4) is 0 Å². The number of hydrogen-bond acceptors (Lipinski definition) is 5. The maximum atomic E-state index is 9.35. The van der Waals surface area contributed by atoms with Crippen LogP contribution in [0.25, 0.3) is 0 Å². The van der Waals surface area contributed by atoms with Crippen molar-refractivity contribution in [2.45, 2.75) is 37.6 Å². The zero-order valence-corrected chi connectivity index (χ0v) is 7.33. The van der Waals surface area contributed by atoms with E-state index in [0.29, 0.717) is 0 Å². The molecule has 76 valence electrons. The molecule has 0 aromatic rings. The minimum atomic E-state index is -1.26. The van der Waals surface area contributed by atoms with E-state index in [1.54, 1.807) is 6.92 Å². The highest BCUT2D eigenvalue weighted by molar-refractivity contribution is 4.87. The molecule has 0 unspecified atom stereocenters. The molecular formula is C8H14O5. The second kappa shape index (κ2) is 4.06. The lowest BCUT2D eigenvalue weighted by Gasteiger charge is -2.38. The van der Waals surface area contributed by atoms with Crippen LogP contribution in [0, 0.1) is 0 Å². The predicted molar refractivity (Wildman–Crippen MR) is 43.6 cm³/mol. The second-order valence-electron chi connectivity index (χ2n) is 2.98. The third-order valence-electron chi connectivity index (χ3n) is 2.04. The minimum Gasteiger partial charge on any atom is -0.470 e. The third kappa shape index (κ3) is 2.00. The van der Waals surface area contributed by atoms with Gasteiger partial charge >= 0.3 is 0 Å². The maximum Gasteiger partial charge on any atom is 0.228 e. The van der Waals surface area contributed by atoms with E-state index in [2.05, 4.69) is 6.58 Å². The maximum absolute atomic E-state index is 9.35. The summed E-state index contributed by atoms with van der Waals surface area (Å²) in [6.07, 6.45) is -4.04. The number of ether oxygens (including phenoxy) is 2. The summed E-state index contributed by atoms with van der Waals surface area (Å²) in [5.41, 5.74) is 0. The molecule has 0 spiro atoms. The standard InChI is InChI=1S/C8H14O5/c1-3-12-8-7(11)6(10)5(9)4(2)13-8/h3-11H,1H2,2H3/t4-,5+,6+,7-,8+/m0/s1. The van der Waals surface area contributed by atoms with Gasteiger partial charge in [0.05, 0.1) is 12.4 Å². The zero-order valence-electron chi connectivity index (χ0n) is 7.33. The topological polar surface area (TPSA) is 79.2 Å². The van der Waals surface area contributed by atoms with E-state index in [1.807, 2.05) is 0 Å². The van der Waals surface area contributed by atoms with Crippen LogP contribution in [-0.2, 0) is 9.47 Å². The Kier molecular flexibility index (Phi) is 3.27. The van der Waals surface area contributed by atoms with Crippen LogP contribution in [0.15, 0.2) is 12.8 Å². The van der Waals surface area contributed by atoms with Gasteiger partial charge in [-0.3, -0.25) is 0 Å². The highest BCUT2D eigenvalue weighted by atomic mass is 16.7. The highest BCUT2D eigenvalue weighted by Gasteiger charge is 2.42. The van der Waals surface area contributed by atoms with E-state index in [-0.39, 0.29) is 0 Å². The van der Waals surface area contributed by atoms with Gasteiger partial charge in [0, 0.05) is 0 Å². The van der Waals surface area contributed by atoms with Gasteiger partial charge in [0.2, 0.25) is 6.29 Å². The van der Waals surface area contributed by atoms with Gasteiger partial charge in [-0.1, -0.05) is 6.58 Å². The third-order valence-corrected chi connectivity index (χ3v) is 2.04.